The van der Waals surface area contributed by atoms with Crippen molar-refractivity contribution in [3.63, 3.8) is 0 Å². The summed E-state index contributed by atoms with van der Waals surface area (Å²) < 4.78 is 0. The molecule has 0 unspecified atom stereocenters. The highest BCUT2D eigenvalue weighted by Gasteiger charge is 2.22. The Kier molecular flexibility index (Phi) is 10.8. The molecule has 0 atom stereocenters. The monoisotopic (exact) mass is 254 g/mol. The number of hydrogen-bond donors (Lipinski definition) is 2. The molecule has 18 heavy (non-hydrogen) atoms. The fraction of sp³-hybridized carbons (Fsp3) is 0.750. The third kappa shape index (κ3) is 8.21. The fourth-order valence-corrected chi connectivity index (χ4v) is 1.26. The summed E-state index contributed by atoms with van der Waals surface area (Å²) in [5, 5.41) is 6.80. The molecular formula is C16H34N2. The number of allylic oxidation sites excluding steroid dienone is 1. The van der Waals surface area contributed by atoms with Gasteiger partial charge in [0.15, 0.2) is 0 Å². The first-order valence-corrected chi connectivity index (χ1v) is 7.21. The molecular weight excluding hydrogens is 220 g/mol. The fourth-order valence-electron chi connectivity index (χ4n) is 1.26. The van der Waals surface area contributed by atoms with Crippen LogP contribution in [0.5, 0.6) is 0 Å². The van der Waals surface area contributed by atoms with Crippen molar-refractivity contribution >= 4 is 0 Å². The molecule has 0 aliphatic rings. The summed E-state index contributed by atoms with van der Waals surface area (Å²) in [6, 6.07) is 0. The summed E-state index contributed by atoms with van der Waals surface area (Å²) in [5.74, 6) is 0.447. The molecule has 0 fully saturated rings. The SMILES string of the molecule is C=C(NC(C)(C)C(=C)NCCCC)C(C)C.CC. The summed E-state index contributed by atoms with van der Waals surface area (Å²) in [7, 11) is 0. The van der Waals surface area contributed by atoms with Crippen molar-refractivity contribution in [2.75, 3.05) is 6.54 Å². The number of rotatable bonds is 8. The van der Waals surface area contributed by atoms with E-state index in [0.29, 0.717) is 5.92 Å². The van der Waals surface area contributed by atoms with Crippen molar-refractivity contribution in [3.8, 4) is 0 Å². The largest absolute Gasteiger partial charge is 0.387 e. The van der Waals surface area contributed by atoms with Crippen LogP contribution in [0.1, 0.15) is 61.3 Å². The zero-order valence-corrected chi connectivity index (χ0v) is 13.6. The Morgan fingerprint density at radius 2 is 1.67 bits per heavy atom. The van der Waals surface area contributed by atoms with Gasteiger partial charge in [0, 0.05) is 17.9 Å². The molecule has 0 saturated carbocycles. The normalized spacial score (nSPS) is 10.4. The van der Waals surface area contributed by atoms with Gasteiger partial charge in [-0.3, -0.25) is 0 Å². The van der Waals surface area contributed by atoms with E-state index in [4.69, 9.17) is 0 Å². The molecule has 2 N–H and O–H groups in total. The Hall–Kier alpha value is -0.920. The van der Waals surface area contributed by atoms with Crippen LogP contribution in [0, 0.1) is 5.92 Å². The molecule has 0 aromatic carbocycles. The summed E-state index contributed by atoms with van der Waals surface area (Å²) in [5.41, 5.74) is 1.95. The lowest BCUT2D eigenvalue weighted by Crippen LogP contribution is -2.45. The zero-order valence-electron chi connectivity index (χ0n) is 13.6. The van der Waals surface area contributed by atoms with Gasteiger partial charge in [-0.25, -0.2) is 0 Å². The minimum Gasteiger partial charge on any atom is -0.387 e. The van der Waals surface area contributed by atoms with Crippen LogP contribution < -0.4 is 10.6 Å². The first kappa shape index (κ1) is 19.4. The molecule has 0 aromatic rings. The Morgan fingerprint density at radius 3 is 2.06 bits per heavy atom. The highest BCUT2D eigenvalue weighted by molar-refractivity contribution is 5.15. The van der Waals surface area contributed by atoms with Crippen molar-refractivity contribution in [2.24, 2.45) is 5.92 Å². The third-order valence-electron chi connectivity index (χ3n) is 2.79. The van der Waals surface area contributed by atoms with Crippen LogP contribution in [0.3, 0.4) is 0 Å². The maximum absolute atomic E-state index is 4.10. The minimum atomic E-state index is -0.144. The number of unbranched alkanes of at least 4 members (excludes halogenated alkanes) is 1. The van der Waals surface area contributed by atoms with E-state index < -0.39 is 0 Å². The summed E-state index contributed by atoms with van der Waals surface area (Å²) >= 11 is 0. The van der Waals surface area contributed by atoms with Crippen LogP contribution in [0.15, 0.2) is 24.6 Å². The second-order valence-electron chi connectivity index (χ2n) is 5.19. The first-order chi connectivity index (χ1) is 8.31. The predicted molar refractivity (Wildman–Crippen MR) is 84.6 cm³/mol. The van der Waals surface area contributed by atoms with Crippen molar-refractivity contribution in [3.05, 3.63) is 24.6 Å². The molecule has 0 aliphatic heterocycles. The van der Waals surface area contributed by atoms with E-state index in [0.717, 1.165) is 17.9 Å². The van der Waals surface area contributed by atoms with Gasteiger partial charge in [0.05, 0.1) is 5.54 Å². The van der Waals surface area contributed by atoms with E-state index in [1.165, 1.54) is 12.8 Å². The lowest BCUT2D eigenvalue weighted by atomic mass is 9.99. The molecule has 2 nitrogen and oxygen atoms in total. The smallest absolute Gasteiger partial charge is 0.0705 e. The van der Waals surface area contributed by atoms with Gasteiger partial charge in [-0.1, -0.05) is 54.2 Å². The van der Waals surface area contributed by atoms with Crippen molar-refractivity contribution < 1.29 is 0 Å². The summed E-state index contributed by atoms with van der Waals surface area (Å²) in [4.78, 5) is 0. The van der Waals surface area contributed by atoms with Crippen LogP contribution in [0.25, 0.3) is 0 Å². The van der Waals surface area contributed by atoms with Crippen molar-refractivity contribution in [1.29, 1.82) is 0 Å². The van der Waals surface area contributed by atoms with E-state index >= 15 is 0 Å². The lowest BCUT2D eigenvalue weighted by molar-refractivity contribution is 0.442. The van der Waals surface area contributed by atoms with Gasteiger partial charge in [0.25, 0.3) is 0 Å². The van der Waals surface area contributed by atoms with Gasteiger partial charge in [-0.15, -0.1) is 0 Å². The average molecular weight is 254 g/mol. The number of hydrogen-bond acceptors (Lipinski definition) is 2. The maximum Gasteiger partial charge on any atom is 0.0705 e. The van der Waals surface area contributed by atoms with Gasteiger partial charge >= 0.3 is 0 Å². The van der Waals surface area contributed by atoms with Gasteiger partial charge in [0.2, 0.25) is 0 Å². The Balaban J connectivity index is 0. The average Bonchev–Trinajstić information content (AvgIpc) is 2.31. The zero-order chi connectivity index (χ0) is 14.8. The molecule has 0 radical (unpaired) electrons. The molecule has 0 aromatic heterocycles. The summed E-state index contributed by atoms with van der Waals surface area (Å²) in [6.07, 6.45) is 2.38. The van der Waals surface area contributed by atoms with Gasteiger partial charge < -0.3 is 10.6 Å². The molecule has 0 rings (SSSR count). The van der Waals surface area contributed by atoms with Crippen molar-refractivity contribution in [1.82, 2.24) is 10.6 Å². The first-order valence-electron chi connectivity index (χ1n) is 7.21. The van der Waals surface area contributed by atoms with E-state index in [1.807, 2.05) is 13.8 Å². The topological polar surface area (TPSA) is 24.1 Å². The van der Waals surface area contributed by atoms with E-state index in [1.54, 1.807) is 0 Å². The molecule has 0 spiro atoms. The quantitative estimate of drug-likeness (QED) is 0.625. The molecule has 0 heterocycles. The van der Waals surface area contributed by atoms with E-state index in [-0.39, 0.29) is 5.54 Å². The molecule has 0 amide bonds. The van der Waals surface area contributed by atoms with Crippen LogP contribution in [-0.4, -0.2) is 12.1 Å². The van der Waals surface area contributed by atoms with Crippen LogP contribution >= 0.6 is 0 Å². The van der Waals surface area contributed by atoms with Crippen LogP contribution in [0.4, 0.5) is 0 Å². The lowest BCUT2D eigenvalue weighted by Gasteiger charge is -2.32. The van der Waals surface area contributed by atoms with Gasteiger partial charge in [-0.05, 0) is 26.2 Å². The van der Waals surface area contributed by atoms with Crippen molar-refractivity contribution in [2.45, 2.75) is 66.8 Å². The highest BCUT2D eigenvalue weighted by atomic mass is 15.0. The second kappa shape index (κ2) is 10.0. The van der Waals surface area contributed by atoms with Gasteiger partial charge in [-0.2, -0.15) is 0 Å². The van der Waals surface area contributed by atoms with Crippen LogP contribution in [0.2, 0.25) is 0 Å². The molecule has 2 heteroatoms. The maximum atomic E-state index is 4.10. The molecule has 108 valence electrons. The third-order valence-corrected chi connectivity index (χ3v) is 2.79. The highest BCUT2D eigenvalue weighted by Crippen LogP contribution is 2.16. The minimum absolute atomic E-state index is 0.144. The molecule has 0 bridgehead atoms. The summed E-state index contributed by atoms with van der Waals surface area (Å²) in [6.45, 7) is 23.8. The second-order valence-corrected chi connectivity index (χ2v) is 5.19. The molecule has 0 saturated heterocycles. The standard InChI is InChI=1S/C14H28N2.C2H6/c1-8-9-10-15-13(5)14(6,7)16-12(4)11(2)3;1-2/h11,15-16H,4-5,8-10H2,1-3,6-7H3;1-2H3. The Bertz CT molecular complexity index is 239. The van der Waals surface area contributed by atoms with Crippen LogP contribution in [-0.2, 0) is 0 Å². The predicted octanol–water partition coefficient (Wildman–Crippen LogP) is 4.45. The van der Waals surface area contributed by atoms with E-state index in [2.05, 4.69) is 58.4 Å². The Morgan fingerprint density at radius 1 is 1.17 bits per heavy atom. The van der Waals surface area contributed by atoms with Gasteiger partial charge in [0.1, 0.15) is 0 Å². The van der Waals surface area contributed by atoms with E-state index in [9.17, 15) is 0 Å². The number of nitrogens with one attached hydrogen (secondary N) is 2. The molecule has 0 aliphatic carbocycles. The Labute approximate surface area is 115 Å².